The Morgan fingerprint density at radius 2 is 1.73 bits per heavy atom. The first-order valence-corrected chi connectivity index (χ1v) is 9.10. The van der Waals surface area contributed by atoms with Gasteiger partial charge in [-0.05, 0) is 49.2 Å². The minimum absolute atomic E-state index is 0.0230. The summed E-state index contributed by atoms with van der Waals surface area (Å²) in [5.41, 5.74) is -0.848. The topological polar surface area (TPSA) is 88.2 Å². The summed E-state index contributed by atoms with van der Waals surface area (Å²) in [4.78, 5) is 15.6. The fourth-order valence-corrected chi connectivity index (χ4v) is 3.40. The van der Waals surface area contributed by atoms with Crippen molar-refractivity contribution < 1.29 is 26.4 Å². The van der Waals surface area contributed by atoms with Crippen LogP contribution in [-0.2, 0) is 16.2 Å². The number of hydrogen-bond donors (Lipinski definition) is 2. The Balaban J connectivity index is 1.67. The first-order valence-electron chi connectivity index (χ1n) is 7.62. The summed E-state index contributed by atoms with van der Waals surface area (Å²) in [5.74, 6) is -0.703. The van der Waals surface area contributed by atoms with Gasteiger partial charge in [0.15, 0.2) is 0 Å². The van der Waals surface area contributed by atoms with Crippen LogP contribution >= 0.6 is 0 Å². The van der Waals surface area contributed by atoms with Crippen LogP contribution in [0.2, 0.25) is 0 Å². The number of nitrogens with one attached hydrogen (secondary N) is 2. The lowest BCUT2D eigenvalue weighted by Gasteiger charge is -2.09. The zero-order valence-corrected chi connectivity index (χ0v) is 14.1. The molecule has 1 amide bonds. The lowest BCUT2D eigenvalue weighted by atomic mass is 10.2. The van der Waals surface area contributed by atoms with Crippen molar-refractivity contribution in [3.63, 3.8) is 0 Å². The van der Waals surface area contributed by atoms with Gasteiger partial charge in [0.1, 0.15) is 5.69 Å². The van der Waals surface area contributed by atoms with Gasteiger partial charge < -0.3 is 5.32 Å². The number of anilines is 1. The molecule has 0 unspecified atom stereocenters. The molecule has 0 spiro atoms. The van der Waals surface area contributed by atoms with Gasteiger partial charge in [0.05, 0.1) is 10.5 Å². The van der Waals surface area contributed by atoms with Gasteiger partial charge in [0.2, 0.25) is 10.0 Å². The first-order chi connectivity index (χ1) is 12.1. The lowest BCUT2D eigenvalue weighted by molar-refractivity contribution is -0.137. The summed E-state index contributed by atoms with van der Waals surface area (Å²) >= 11 is 0. The molecule has 0 aliphatic heterocycles. The van der Waals surface area contributed by atoms with Crippen LogP contribution < -0.4 is 10.0 Å². The predicted octanol–water partition coefficient (Wildman–Crippen LogP) is 2.79. The standard InChI is InChI=1S/C16H14F3N3O3S/c17-16(18,19)10-1-8-14(20-9-10)15(23)21-11-4-6-13(7-5-11)26(24,25)22-12-2-3-12/h1,4-9,12,22H,2-3H2,(H,21,23). The summed E-state index contributed by atoms with van der Waals surface area (Å²) < 4.78 is 64.1. The third-order valence-corrected chi connectivity index (χ3v) is 5.18. The number of carbonyl (C=O) groups is 1. The molecule has 138 valence electrons. The summed E-state index contributed by atoms with van der Waals surface area (Å²) in [7, 11) is -3.59. The van der Waals surface area contributed by atoms with Gasteiger partial charge in [0.25, 0.3) is 5.91 Å². The van der Waals surface area contributed by atoms with E-state index < -0.39 is 27.7 Å². The number of hydrogen-bond acceptors (Lipinski definition) is 4. The van der Waals surface area contributed by atoms with Crippen LogP contribution in [0.3, 0.4) is 0 Å². The molecule has 0 saturated heterocycles. The van der Waals surface area contributed by atoms with Crippen molar-refractivity contribution >= 4 is 21.6 Å². The van der Waals surface area contributed by atoms with E-state index in [2.05, 4.69) is 15.0 Å². The van der Waals surface area contributed by atoms with Crippen molar-refractivity contribution in [2.75, 3.05) is 5.32 Å². The van der Waals surface area contributed by atoms with Crippen molar-refractivity contribution in [3.8, 4) is 0 Å². The van der Waals surface area contributed by atoms with Gasteiger partial charge in [-0.15, -0.1) is 0 Å². The maximum atomic E-state index is 12.5. The van der Waals surface area contributed by atoms with Crippen molar-refractivity contribution in [1.29, 1.82) is 0 Å². The molecule has 0 radical (unpaired) electrons. The lowest BCUT2D eigenvalue weighted by Crippen LogP contribution is -2.25. The predicted molar refractivity (Wildman–Crippen MR) is 87.0 cm³/mol. The Morgan fingerprint density at radius 1 is 1.08 bits per heavy atom. The van der Waals surface area contributed by atoms with Crippen LogP contribution in [0.15, 0.2) is 47.5 Å². The number of sulfonamides is 1. The second kappa shape index (κ2) is 6.69. The number of alkyl halides is 3. The highest BCUT2D eigenvalue weighted by Crippen LogP contribution is 2.28. The van der Waals surface area contributed by atoms with E-state index in [1.807, 2.05) is 0 Å². The van der Waals surface area contributed by atoms with Crippen LogP contribution in [0.25, 0.3) is 0 Å². The summed E-state index contributed by atoms with van der Waals surface area (Å²) in [6.07, 6.45) is -2.33. The van der Waals surface area contributed by atoms with Crippen LogP contribution in [0, 0.1) is 0 Å². The summed E-state index contributed by atoms with van der Waals surface area (Å²) in [6, 6.07) is 7.16. The van der Waals surface area contributed by atoms with E-state index in [4.69, 9.17) is 0 Å². The number of benzene rings is 1. The third-order valence-electron chi connectivity index (χ3n) is 3.65. The maximum Gasteiger partial charge on any atom is 0.417 e. The zero-order valence-electron chi connectivity index (χ0n) is 13.2. The van der Waals surface area contributed by atoms with E-state index in [-0.39, 0.29) is 16.6 Å². The molecule has 0 atom stereocenters. The average Bonchev–Trinajstić information content (AvgIpc) is 3.38. The van der Waals surface area contributed by atoms with E-state index in [0.717, 1.165) is 25.0 Å². The molecule has 1 aromatic heterocycles. The number of nitrogens with zero attached hydrogens (tertiary/aromatic N) is 1. The first kappa shape index (κ1) is 18.3. The van der Waals surface area contributed by atoms with Gasteiger partial charge >= 0.3 is 6.18 Å². The Hall–Kier alpha value is -2.46. The fourth-order valence-electron chi connectivity index (χ4n) is 2.10. The number of rotatable bonds is 5. The quantitative estimate of drug-likeness (QED) is 0.829. The highest BCUT2D eigenvalue weighted by Gasteiger charge is 2.31. The Bertz CT molecular complexity index is 906. The van der Waals surface area contributed by atoms with Crippen LogP contribution in [-0.4, -0.2) is 25.4 Å². The monoisotopic (exact) mass is 385 g/mol. The number of pyridine rings is 1. The summed E-state index contributed by atoms with van der Waals surface area (Å²) in [5, 5.41) is 2.45. The molecule has 1 saturated carbocycles. The minimum Gasteiger partial charge on any atom is -0.321 e. The van der Waals surface area contributed by atoms with Crippen LogP contribution in [0.4, 0.5) is 18.9 Å². The molecule has 1 aliphatic carbocycles. The van der Waals surface area contributed by atoms with E-state index in [9.17, 15) is 26.4 Å². The SMILES string of the molecule is O=C(Nc1ccc(S(=O)(=O)NC2CC2)cc1)c1ccc(C(F)(F)F)cn1. The molecule has 26 heavy (non-hydrogen) atoms. The van der Waals surface area contributed by atoms with E-state index in [0.29, 0.717) is 11.9 Å². The highest BCUT2D eigenvalue weighted by molar-refractivity contribution is 7.89. The molecular weight excluding hydrogens is 371 g/mol. The fraction of sp³-hybridized carbons (Fsp3) is 0.250. The Labute approximate surface area is 147 Å². The van der Waals surface area contributed by atoms with Gasteiger partial charge in [-0.3, -0.25) is 9.78 Å². The Morgan fingerprint density at radius 3 is 2.23 bits per heavy atom. The van der Waals surface area contributed by atoms with Crippen molar-refractivity contribution in [1.82, 2.24) is 9.71 Å². The van der Waals surface area contributed by atoms with Crippen molar-refractivity contribution in [3.05, 3.63) is 53.9 Å². The minimum atomic E-state index is -4.53. The van der Waals surface area contributed by atoms with Gasteiger partial charge in [-0.25, -0.2) is 13.1 Å². The molecular formula is C16H14F3N3O3S. The van der Waals surface area contributed by atoms with Crippen LogP contribution in [0.5, 0.6) is 0 Å². The van der Waals surface area contributed by atoms with Crippen molar-refractivity contribution in [2.45, 2.75) is 30.0 Å². The average molecular weight is 385 g/mol. The number of halogens is 3. The normalized spacial score (nSPS) is 14.9. The molecule has 2 N–H and O–H groups in total. The second-order valence-corrected chi connectivity index (χ2v) is 7.52. The molecule has 2 aromatic rings. The van der Waals surface area contributed by atoms with Crippen LogP contribution in [0.1, 0.15) is 28.9 Å². The largest absolute Gasteiger partial charge is 0.417 e. The van der Waals surface area contributed by atoms with E-state index in [1.54, 1.807) is 0 Å². The highest BCUT2D eigenvalue weighted by atomic mass is 32.2. The number of carbonyl (C=O) groups excluding carboxylic acids is 1. The van der Waals surface area contributed by atoms with E-state index in [1.165, 1.54) is 24.3 Å². The zero-order chi connectivity index (χ0) is 18.9. The molecule has 1 heterocycles. The molecule has 10 heteroatoms. The third kappa shape index (κ3) is 4.38. The number of aromatic nitrogens is 1. The molecule has 1 aromatic carbocycles. The molecule has 6 nitrogen and oxygen atoms in total. The smallest absolute Gasteiger partial charge is 0.321 e. The molecule has 1 fully saturated rings. The van der Waals surface area contributed by atoms with Gasteiger partial charge in [0, 0.05) is 17.9 Å². The number of amides is 1. The molecule has 1 aliphatic rings. The molecule has 0 bridgehead atoms. The molecule has 3 rings (SSSR count). The van der Waals surface area contributed by atoms with Crippen molar-refractivity contribution in [2.24, 2.45) is 0 Å². The Kier molecular flexibility index (Phi) is 4.72. The van der Waals surface area contributed by atoms with Gasteiger partial charge in [-0.2, -0.15) is 13.2 Å². The van der Waals surface area contributed by atoms with Gasteiger partial charge in [-0.1, -0.05) is 0 Å². The maximum absolute atomic E-state index is 12.5. The van der Waals surface area contributed by atoms with E-state index >= 15 is 0 Å². The second-order valence-electron chi connectivity index (χ2n) is 5.80. The summed E-state index contributed by atoms with van der Waals surface area (Å²) in [6.45, 7) is 0.